The van der Waals surface area contributed by atoms with E-state index >= 15 is 0 Å². The molecule has 1 unspecified atom stereocenters. The minimum Gasteiger partial charge on any atom is -0.447 e. The van der Waals surface area contributed by atoms with Crippen molar-refractivity contribution in [1.29, 1.82) is 0 Å². The second kappa shape index (κ2) is 2.65. The lowest BCUT2D eigenvalue weighted by Crippen LogP contribution is -2.30. The van der Waals surface area contributed by atoms with Crippen LogP contribution in [0.3, 0.4) is 0 Å². The third kappa shape index (κ3) is 1.55. The zero-order chi connectivity index (χ0) is 6.69. The molecule has 1 saturated heterocycles. The topological polar surface area (TPSA) is 67.8 Å². The summed E-state index contributed by atoms with van der Waals surface area (Å²) in [5.41, 5.74) is 0. The number of amides is 1. The van der Waals surface area contributed by atoms with Gasteiger partial charge in [-0.15, -0.1) is 0 Å². The van der Waals surface area contributed by atoms with Crippen LogP contribution < -0.4 is 5.32 Å². The number of cyclic esters (lactones) is 1. The molecule has 0 bridgehead atoms. The van der Waals surface area contributed by atoms with Gasteiger partial charge in [-0.25, -0.2) is 9.68 Å². The van der Waals surface area contributed by atoms with Crippen LogP contribution in [0.5, 0.6) is 0 Å². The molecule has 0 aliphatic carbocycles. The van der Waals surface area contributed by atoms with Crippen molar-refractivity contribution in [2.45, 2.75) is 6.04 Å². The summed E-state index contributed by atoms with van der Waals surface area (Å²) < 4.78 is 4.48. The molecule has 52 valence electrons. The number of hydrogen-bond donors (Lipinski definition) is 2. The normalized spacial score (nSPS) is 25.4. The fourth-order valence-electron chi connectivity index (χ4n) is 0.606. The van der Waals surface area contributed by atoms with Gasteiger partial charge in [0.1, 0.15) is 13.2 Å². The summed E-state index contributed by atoms with van der Waals surface area (Å²) in [5, 5.41) is 10.3. The number of hydrogen-bond acceptors (Lipinski definition) is 4. The van der Waals surface area contributed by atoms with Gasteiger partial charge in [0.2, 0.25) is 0 Å². The van der Waals surface area contributed by atoms with E-state index in [1.165, 1.54) is 0 Å². The molecule has 5 nitrogen and oxygen atoms in total. The van der Waals surface area contributed by atoms with Gasteiger partial charge in [0.05, 0.1) is 6.04 Å². The molecule has 5 heteroatoms. The van der Waals surface area contributed by atoms with Crippen LogP contribution in [-0.2, 0) is 9.62 Å². The molecule has 2 N–H and O–H groups in total. The Kier molecular flexibility index (Phi) is 1.86. The number of rotatable bonds is 2. The van der Waals surface area contributed by atoms with Crippen molar-refractivity contribution in [3.05, 3.63) is 0 Å². The third-order valence-corrected chi connectivity index (χ3v) is 1.01. The van der Waals surface area contributed by atoms with Crippen LogP contribution in [0.25, 0.3) is 0 Å². The van der Waals surface area contributed by atoms with Crippen molar-refractivity contribution in [3.8, 4) is 0 Å². The largest absolute Gasteiger partial charge is 0.447 e. The molecule has 0 aromatic carbocycles. The number of ether oxygens (including phenoxy) is 1. The van der Waals surface area contributed by atoms with Crippen LogP contribution >= 0.6 is 0 Å². The molecule has 0 spiro atoms. The zero-order valence-corrected chi connectivity index (χ0v) is 4.66. The van der Waals surface area contributed by atoms with E-state index in [4.69, 9.17) is 5.26 Å². The Bertz CT molecular complexity index is 115. The second-order valence-corrected chi connectivity index (χ2v) is 1.74. The van der Waals surface area contributed by atoms with Gasteiger partial charge in [0, 0.05) is 0 Å². The van der Waals surface area contributed by atoms with Crippen LogP contribution in [0.15, 0.2) is 0 Å². The van der Waals surface area contributed by atoms with Crippen molar-refractivity contribution in [2.24, 2.45) is 0 Å². The number of alkyl carbamates (subject to hydrolysis) is 1. The van der Waals surface area contributed by atoms with Crippen LogP contribution in [0, 0.1) is 0 Å². The second-order valence-electron chi connectivity index (χ2n) is 1.74. The maximum absolute atomic E-state index is 10.3. The first-order valence-corrected chi connectivity index (χ1v) is 2.52. The van der Waals surface area contributed by atoms with Gasteiger partial charge in [-0.1, -0.05) is 0 Å². The SMILES string of the molecule is O=C1NC(COO)CO1. The van der Waals surface area contributed by atoms with E-state index in [1.807, 2.05) is 0 Å². The third-order valence-electron chi connectivity index (χ3n) is 1.01. The summed E-state index contributed by atoms with van der Waals surface area (Å²) in [4.78, 5) is 14.0. The predicted octanol–water partition coefficient (Wildman–Crippen LogP) is -0.416. The Morgan fingerprint density at radius 3 is 3.22 bits per heavy atom. The molecular formula is C4H7NO4. The molecule has 1 fully saturated rings. The average molecular weight is 133 g/mol. The van der Waals surface area contributed by atoms with Gasteiger partial charge in [-0.3, -0.25) is 5.26 Å². The Morgan fingerprint density at radius 1 is 2.00 bits per heavy atom. The molecule has 0 radical (unpaired) electrons. The van der Waals surface area contributed by atoms with Crippen molar-refractivity contribution < 1.29 is 19.7 Å². The Morgan fingerprint density at radius 2 is 2.78 bits per heavy atom. The summed E-state index contributed by atoms with van der Waals surface area (Å²) >= 11 is 0. The smallest absolute Gasteiger partial charge is 0.407 e. The van der Waals surface area contributed by atoms with Crippen LogP contribution in [0.2, 0.25) is 0 Å². The number of carbonyl (C=O) groups is 1. The highest BCUT2D eigenvalue weighted by atomic mass is 17.1. The summed E-state index contributed by atoms with van der Waals surface area (Å²) in [7, 11) is 0. The lowest BCUT2D eigenvalue weighted by Gasteiger charge is -2.00. The summed E-state index contributed by atoms with van der Waals surface area (Å²) in [6.45, 7) is 0.338. The summed E-state index contributed by atoms with van der Waals surface area (Å²) in [6.07, 6.45) is -0.461. The summed E-state index contributed by atoms with van der Waals surface area (Å²) in [6, 6.07) is -0.206. The number of nitrogens with one attached hydrogen (secondary N) is 1. The lowest BCUT2D eigenvalue weighted by atomic mass is 10.4. The standard InChI is InChI=1S/C4H7NO4/c6-4-5-3(1-8-4)2-9-7/h3,7H,1-2H2,(H,5,6). The maximum Gasteiger partial charge on any atom is 0.407 e. The minimum absolute atomic E-state index is 0.0751. The molecule has 0 saturated carbocycles. The minimum atomic E-state index is -0.461. The average Bonchev–Trinajstić information content (AvgIpc) is 2.17. The zero-order valence-electron chi connectivity index (χ0n) is 4.66. The molecule has 1 heterocycles. The Balaban J connectivity index is 2.22. The van der Waals surface area contributed by atoms with Crippen molar-refractivity contribution >= 4 is 6.09 Å². The van der Waals surface area contributed by atoms with Gasteiger partial charge in [0.25, 0.3) is 0 Å². The van der Waals surface area contributed by atoms with Crippen molar-refractivity contribution in [1.82, 2.24) is 5.32 Å². The van der Waals surface area contributed by atoms with E-state index in [1.54, 1.807) is 0 Å². The first kappa shape index (κ1) is 6.31. The highest BCUT2D eigenvalue weighted by molar-refractivity contribution is 5.69. The van der Waals surface area contributed by atoms with Crippen molar-refractivity contribution in [3.63, 3.8) is 0 Å². The maximum atomic E-state index is 10.3. The van der Waals surface area contributed by atoms with Crippen molar-refractivity contribution in [2.75, 3.05) is 13.2 Å². The molecule has 9 heavy (non-hydrogen) atoms. The van der Waals surface area contributed by atoms with Gasteiger partial charge >= 0.3 is 6.09 Å². The van der Waals surface area contributed by atoms with Gasteiger partial charge in [0.15, 0.2) is 0 Å². The number of carbonyl (C=O) groups excluding carboxylic acids is 1. The molecular weight excluding hydrogens is 126 g/mol. The molecule has 1 aliphatic rings. The predicted molar refractivity (Wildman–Crippen MR) is 26.9 cm³/mol. The van der Waals surface area contributed by atoms with Gasteiger partial charge < -0.3 is 10.1 Å². The first-order chi connectivity index (χ1) is 4.33. The summed E-state index contributed by atoms with van der Waals surface area (Å²) in [5.74, 6) is 0. The van der Waals surface area contributed by atoms with E-state index in [9.17, 15) is 4.79 Å². The van der Waals surface area contributed by atoms with E-state index in [-0.39, 0.29) is 19.3 Å². The van der Waals surface area contributed by atoms with Gasteiger partial charge in [-0.2, -0.15) is 0 Å². The molecule has 1 aliphatic heterocycles. The molecule has 1 rings (SSSR count). The fraction of sp³-hybridized carbons (Fsp3) is 0.750. The molecule has 0 aromatic rings. The molecule has 1 atom stereocenters. The van der Waals surface area contributed by atoms with Crippen LogP contribution in [0.4, 0.5) is 4.79 Å². The fourth-order valence-corrected chi connectivity index (χ4v) is 0.606. The molecule has 1 amide bonds. The van der Waals surface area contributed by atoms with E-state index in [0.29, 0.717) is 0 Å². The van der Waals surface area contributed by atoms with Gasteiger partial charge in [-0.05, 0) is 0 Å². The van der Waals surface area contributed by atoms with E-state index in [0.717, 1.165) is 0 Å². The highest BCUT2D eigenvalue weighted by Gasteiger charge is 2.21. The Labute approximate surface area is 51.5 Å². The lowest BCUT2D eigenvalue weighted by molar-refractivity contribution is -0.245. The monoisotopic (exact) mass is 133 g/mol. The highest BCUT2D eigenvalue weighted by Crippen LogP contribution is 1.96. The van der Waals surface area contributed by atoms with E-state index in [2.05, 4.69) is 14.9 Å². The molecule has 0 aromatic heterocycles. The quantitative estimate of drug-likeness (QED) is 0.396. The van der Waals surface area contributed by atoms with E-state index < -0.39 is 6.09 Å². The first-order valence-electron chi connectivity index (χ1n) is 2.52. The van der Waals surface area contributed by atoms with Crippen LogP contribution in [-0.4, -0.2) is 30.6 Å². The van der Waals surface area contributed by atoms with Crippen LogP contribution in [0.1, 0.15) is 0 Å². The Hall–Kier alpha value is -0.810.